The van der Waals surface area contributed by atoms with Gasteiger partial charge in [-0.3, -0.25) is 4.79 Å². The van der Waals surface area contributed by atoms with Crippen molar-refractivity contribution in [1.82, 2.24) is 15.3 Å². The van der Waals surface area contributed by atoms with Crippen LogP contribution in [0.2, 0.25) is 0 Å². The average molecular weight is 323 g/mol. The highest BCUT2D eigenvalue weighted by Crippen LogP contribution is 2.26. The van der Waals surface area contributed by atoms with Crippen LogP contribution in [0.1, 0.15) is 16.2 Å². The average Bonchev–Trinajstić information content (AvgIpc) is 3.31. The van der Waals surface area contributed by atoms with Crippen molar-refractivity contribution in [2.24, 2.45) is 0 Å². The van der Waals surface area contributed by atoms with Gasteiger partial charge in [0, 0.05) is 16.3 Å². The summed E-state index contributed by atoms with van der Waals surface area (Å²) in [5.41, 5.74) is 2.39. The van der Waals surface area contributed by atoms with E-state index in [4.69, 9.17) is 4.42 Å². The molecular formula is C17H13N3O2S. The Bertz CT molecular complexity index is 920. The van der Waals surface area contributed by atoms with Crippen LogP contribution >= 0.6 is 11.3 Å². The van der Waals surface area contributed by atoms with Crippen molar-refractivity contribution in [2.75, 3.05) is 0 Å². The second-order valence-electron chi connectivity index (χ2n) is 5.07. The standard InChI is InChI=1S/C17H13N3O2S/c21-16(18-9-12-5-3-7-22-12)15-10-23-17(20-15)14-8-11-4-1-2-6-13(11)19-14/h1-8,10,19H,9H2,(H,18,21). The van der Waals surface area contributed by atoms with Gasteiger partial charge in [0.25, 0.3) is 5.91 Å². The number of thiazole rings is 1. The molecule has 0 bridgehead atoms. The van der Waals surface area contributed by atoms with Crippen LogP contribution in [0.4, 0.5) is 0 Å². The maximum absolute atomic E-state index is 12.1. The molecule has 114 valence electrons. The zero-order valence-electron chi connectivity index (χ0n) is 12.1. The molecule has 0 aliphatic rings. The van der Waals surface area contributed by atoms with Crippen LogP contribution in [0.15, 0.2) is 58.5 Å². The zero-order chi connectivity index (χ0) is 15.6. The Morgan fingerprint density at radius 2 is 2.17 bits per heavy atom. The van der Waals surface area contributed by atoms with E-state index < -0.39 is 0 Å². The third kappa shape index (κ3) is 2.76. The number of rotatable bonds is 4. The number of hydrogen-bond acceptors (Lipinski definition) is 4. The van der Waals surface area contributed by atoms with E-state index in [1.54, 1.807) is 17.7 Å². The minimum absolute atomic E-state index is 0.208. The Hall–Kier alpha value is -2.86. The number of carbonyl (C=O) groups excluding carboxylic acids is 1. The van der Waals surface area contributed by atoms with Crippen LogP contribution in [-0.2, 0) is 6.54 Å². The molecule has 0 unspecified atom stereocenters. The van der Waals surface area contributed by atoms with Gasteiger partial charge in [-0.15, -0.1) is 11.3 Å². The Morgan fingerprint density at radius 1 is 1.26 bits per heavy atom. The number of hydrogen-bond donors (Lipinski definition) is 2. The molecule has 1 amide bonds. The minimum atomic E-state index is -0.208. The molecule has 0 saturated heterocycles. The minimum Gasteiger partial charge on any atom is -0.467 e. The number of benzene rings is 1. The van der Waals surface area contributed by atoms with Gasteiger partial charge in [0.1, 0.15) is 16.5 Å². The van der Waals surface area contributed by atoms with Crippen molar-refractivity contribution in [3.8, 4) is 10.7 Å². The third-order valence-corrected chi connectivity index (χ3v) is 4.38. The summed E-state index contributed by atoms with van der Waals surface area (Å²) in [5.74, 6) is 0.504. The number of nitrogens with one attached hydrogen (secondary N) is 2. The molecular weight excluding hydrogens is 310 g/mol. The van der Waals surface area contributed by atoms with Gasteiger partial charge >= 0.3 is 0 Å². The summed E-state index contributed by atoms with van der Waals surface area (Å²) in [4.78, 5) is 19.9. The molecule has 4 aromatic rings. The Kier molecular flexibility index (Phi) is 3.44. The number of fused-ring (bicyclic) bond motifs is 1. The second-order valence-corrected chi connectivity index (χ2v) is 5.93. The normalized spacial score (nSPS) is 11.0. The second kappa shape index (κ2) is 5.73. The first-order valence-corrected chi connectivity index (χ1v) is 8.02. The number of aromatic amines is 1. The SMILES string of the molecule is O=C(NCc1ccco1)c1csc(-c2cc3ccccc3[nH]2)n1. The fraction of sp³-hybridized carbons (Fsp3) is 0.0588. The molecule has 2 N–H and O–H groups in total. The summed E-state index contributed by atoms with van der Waals surface area (Å²) in [6.07, 6.45) is 1.58. The van der Waals surface area contributed by atoms with Crippen molar-refractivity contribution in [3.05, 3.63) is 65.6 Å². The molecule has 3 heterocycles. The van der Waals surface area contributed by atoms with Gasteiger partial charge in [0.2, 0.25) is 0 Å². The van der Waals surface area contributed by atoms with Crippen LogP contribution < -0.4 is 5.32 Å². The first kappa shape index (κ1) is 13.8. The molecule has 0 radical (unpaired) electrons. The first-order valence-electron chi connectivity index (χ1n) is 7.14. The van der Waals surface area contributed by atoms with Gasteiger partial charge < -0.3 is 14.7 Å². The van der Waals surface area contributed by atoms with Crippen LogP contribution in [0, 0.1) is 0 Å². The molecule has 0 fully saturated rings. The van der Waals surface area contributed by atoms with Crippen molar-refractivity contribution < 1.29 is 9.21 Å². The van der Waals surface area contributed by atoms with Crippen molar-refractivity contribution >= 4 is 28.1 Å². The molecule has 5 nitrogen and oxygen atoms in total. The number of H-pyrrole nitrogens is 1. The fourth-order valence-electron chi connectivity index (χ4n) is 2.36. The van der Waals surface area contributed by atoms with Gasteiger partial charge in [-0.1, -0.05) is 18.2 Å². The summed E-state index contributed by atoms with van der Waals surface area (Å²) in [7, 11) is 0. The number of carbonyl (C=O) groups is 1. The molecule has 0 aliphatic heterocycles. The lowest BCUT2D eigenvalue weighted by molar-refractivity contribution is 0.0944. The van der Waals surface area contributed by atoms with Crippen LogP contribution in [-0.4, -0.2) is 15.9 Å². The number of nitrogens with zero attached hydrogens (tertiary/aromatic N) is 1. The lowest BCUT2D eigenvalue weighted by Gasteiger charge is -1.99. The van der Waals surface area contributed by atoms with E-state index in [1.165, 1.54) is 11.3 Å². The highest BCUT2D eigenvalue weighted by molar-refractivity contribution is 7.13. The summed E-state index contributed by atoms with van der Waals surface area (Å²) in [5, 5.41) is 6.48. The van der Waals surface area contributed by atoms with E-state index in [-0.39, 0.29) is 5.91 Å². The molecule has 0 saturated carbocycles. The van der Waals surface area contributed by atoms with E-state index >= 15 is 0 Å². The predicted molar refractivity (Wildman–Crippen MR) is 89.3 cm³/mol. The highest BCUT2D eigenvalue weighted by atomic mass is 32.1. The van der Waals surface area contributed by atoms with Gasteiger partial charge in [-0.05, 0) is 24.3 Å². The van der Waals surface area contributed by atoms with E-state index in [9.17, 15) is 4.79 Å². The molecule has 1 aromatic carbocycles. The number of aromatic nitrogens is 2. The maximum Gasteiger partial charge on any atom is 0.271 e. The van der Waals surface area contributed by atoms with Gasteiger partial charge in [-0.25, -0.2) is 4.98 Å². The summed E-state index contributed by atoms with van der Waals surface area (Å²) in [6.45, 7) is 0.352. The van der Waals surface area contributed by atoms with Crippen LogP contribution in [0.25, 0.3) is 21.6 Å². The van der Waals surface area contributed by atoms with Gasteiger partial charge in [0.05, 0.1) is 18.5 Å². The molecule has 0 spiro atoms. The van der Waals surface area contributed by atoms with Crippen LogP contribution in [0.5, 0.6) is 0 Å². The summed E-state index contributed by atoms with van der Waals surface area (Å²) >= 11 is 1.44. The molecule has 0 atom stereocenters. The van der Waals surface area contributed by atoms with E-state index in [0.29, 0.717) is 18.0 Å². The number of furan rings is 1. The van der Waals surface area contributed by atoms with E-state index in [0.717, 1.165) is 21.6 Å². The molecule has 4 rings (SSSR count). The largest absolute Gasteiger partial charge is 0.467 e. The summed E-state index contributed by atoms with van der Waals surface area (Å²) in [6, 6.07) is 13.7. The maximum atomic E-state index is 12.1. The first-order chi connectivity index (χ1) is 11.3. The molecule has 3 aromatic heterocycles. The quantitative estimate of drug-likeness (QED) is 0.600. The highest BCUT2D eigenvalue weighted by Gasteiger charge is 2.13. The Balaban J connectivity index is 1.52. The van der Waals surface area contributed by atoms with Crippen molar-refractivity contribution in [3.63, 3.8) is 0 Å². The van der Waals surface area contributed by atoms with Crippen molar-refractivity contribution in [2.45, 2.75) is 6.54 Å². The molecule has 6 heteroatoms. The molecule has 0 aliphatic carbocycles. The molecule has 23 heavy (non-hydrogen) atoms. The zero-order valence-corrected chi connectivity index (χ0v) is 12.9. The van der Waals surface area contributed by atoms with Crippen LogP contribution in [0.3, 0.4) is 0 Å². The van der Waals surface area contributed by atoms with E-state index in [2.05, 4.69) is 15.3 Å². The van der Waals surface area contributed by atoms with Gasteiger partial charge in [0.15, 0.2) is 0 Å². The van der Waals surface area contributed by atoms with Crippen molar-refractivity contribution in [1.29, 1.82) is 0 Å². The smallest absolute Gasteiger partial charge is 0.271 e. The number of para-hydroxylation sites is 1. The van der Waals surface area contributed by atoms with E-state index in [1.807, 2.05) is 36.4 Å². The monoisotopic (exact) mass is 323 g/mol. The lowest BCUT2D eigenvalue weighted by Crippen LogP contribution is -2.22. The Labute approximate surface area is 136 Å². The topological polar surface area (TPSA) is 70.9 Å². The lowest BCUT2D eigenvalue weighted by atomic mass is 10.2. The third-order valence-electron chi connectivity index (χ3n) is 3.50. The van der Waals surface area contributed by atoms with Gasteiger partial charge in [-0.2, -0.15) is 0 Å². The number of amides is 1. The summed E-state index contributed by atoms with van der Waals surface area (Å²) < 4.78 is 5.19. The Morgan fingerprint density at radius 3 is 3.00 bits per heavy atom. The predicted octanol–water partition coefficient (Wildman–Crippen LogP) is 3.81. The fourth-order valence-corrected chi connectivity index (χ4v) is 3.13.